The highest BCUT2D eigenvalue weighted by Gasteiger charge is 2.22. The summed E-state index contributed by atoms with van der Waals surface area (Å²) in [7, 11) is 2.04. The minimum atomic E-state index is 0.738. The van der Waals surface area contributed by atoms with Crippen LogP contribution in [-0.4, -0.2) is 49.4 Å². The van der Waals surface area contributed by atoms with Gasteiger partial charge in [0, 0.05) is 45.2 Å². The molecule has 1 aliphatic rings. The molecule has 0 aromatic carbocycles. The fourth-order valence-corrected chi connectivity index (χ4v) is 2.94. The molecule has 5 nitrogen and oxygen atoms in total. The number of nitrogens with one attached hydrogen (secondary N) is 1. The number of piperidine rings is 1. The highest BCUT2D eigenvalue weighted by Crippen LogP contribution is 2.21. The molecule has 1 fully saturated rings. The molecule has 1 aliphatic heterocycles. The van der Waals surface area contributed by atoms with Gasteiger partial charge in [0.15, 0.2) is 0 Å². The molecule has 0 radical (unpaired) electrons. The third-order valence-electron chi connectivity index (χ3n) is 3.88. The van der Waals surface area contributed by atoms with Crippen LogP contribution in [0.15, 0.2) is 12.4 Å². The van der Waals surface area contributed by atoms with E-state index in [0.29, 0.717) is 0 Å². The number of aryl methyl sites for hydroxylation is 1. The quantitative estimate of drug-likeness (QED) is 0.737. The maximum atomic E-state index is 5.41. The smallest absolute Gasteiger partial charge is 0.205 e. The Hall–Kier alpha value is -1.07. The summed E-state index contributed by atoms with van der Waals surface area (Å²) in [6.07, 6.45) is 7.63. The van der Waals surface area contributed by atoms with E-state index in [1.54, 1.807) is 0 Å². The van der Waals surface area contributed by atoms with Crippen molar-refractivity contribution in [3.63, 3.8) is 0 Å². The van der Waals surface area contributed by atoms with Gasteiger partial charge >= 0.3 is 0 Å². The van der Waals surface area contributed by atoms with Crippen LogP contribution < -0.4 is 10.2 Å². The summed E-state index contributed by atoms with van der Waals surface area (Å²) in [5.74, 6) is 1.87. The number of rotatable bonds is 8. The van der Waals surface area contributed by atoms with Gasteiger partial charge in [0.1, 0.15) is 0 Å². The number of imidazole rings is 1. The van der Waals surface area contributed by atoms with Crippen LogP contribution >= 0.6 is 0 Å². The number of hydrogen-bond donors (Lipinski definition) is 1. The van der Waals surface area contributed by atoms with Gasteiger partial charge in [-0.15, -0.1) is 0 Å². The summed E-state index contributed by atoms with van der Waals surface area (Å²) >= 11 is 0. The Morgan fingerprint density at radius 1 is 1.50 bits per heavy atom. The molecule has 0 spiro atoms. The first-order chi connectivity index (χ1) is 9.85. The monoisotopic (exact) mass is 280 g/mol. The van der Waals surface area contributed by atoms with Gasteiger partial charge in [-0.25, -0.2) is 4.98 Å². The second kappa shape index (κ2) is 8.27. The van der Waals surface area contributed by atoms with Gasteiger partial charge in [0.2, 0.25) is 5.95 Å². The molecule has 0 bridgehead atoms. The van der Waals surface area contributed by atoms with Crippen LogP contribution in [0.2, 0.25) is 0 Å². The topological polar surface area (TPSA) is 42.3 Å². The Kier molecular flexibility index (Phi) is 6.33. The predicted octanol–water partition coefficient (Wildman–Crippen LogP) is 1.75. The van der Waals surface area contributed by atoms with Crippen LogP contribution in [0.5, 0.6) is 0 Å². The minimum Gasteiger partial charge on any atom is -0.382 e. The molecule has 1 unspecified atom stereocenters. The van der Waals surface area contributed by atoms with E-state index in [-0.39, 0.29) is 0 Å². The zero-order valence-electron chi connectivity index (χ0n) is 12.8. The van der Waals surface area contributed by atoms with E-state index >= 15 is 0 Å². The van der Waals surface area contributed by atoms with Crippen LogP contribution in [0.1, 0.15) is 26.2 Å². The van der Waals surface area contributed by atoms with Crippen LogP contribution in [0.25, 0.3) is 0 Å². The standard InChI is InChI=1S/C15H28N4O/c1-3-20-11-5-9-18-10-7-17-15(18)19-8-4-6-14(13-19)12-16-2/h7,10,14,16H,3-6,8-9,11-13H2,1-2H3. The molecule has 1 atom stereocenters. The number of ether oxygens (including phenoxy) is 1. The normalized spacial score (nSPS) is 19.5. The average Bonchev–Trinajstić information content (AvgIpc) is 2.93. The van der Waals surface area contributed by atoms with Crippen molar-refractivity contribution >= 4 is 5.95 Å². The summed E-state index contributed by atoms with van der Waals surface area (Å²) in [6, 6.07) is 0. The van der Waals surface area contributed by atoms with Crippen LogP contribution in [0, 0.1) is 5.92 Å². The van der Waals surface area contributed by atoms with E-state index in [4.69, 9.17) is 4.74 Å². The molecule has 2 heterocycles. The fourth-order valence-electron chi connectivity index (χ4n) is 2.94. The van der Waals surface area contributed by atoms with E-state index in [2.05, 4.69) is 26.0 Å². The van der Waals surface area contributed by atoms with Gasteiger partial charge in [-0.3, -0.25) is 0 Å². The van der Waals surface area contributed by atoms with Crippen LogP contribution in [0.4, 0.5) is 5.95 Å². The molecule has 2 rings (SSSR count). The number of anilines is 1. The van der Waals surface area contributed by atoms with Crippen molar-refractivity contribution in [1.29, 1.82) is 0 Å². The van der Waals surface area contributed by atoms with Crippen molar-refractivity contribution in [3.05, 3.63) is 12.4 Å². The fraction of sp³-hybridized carbons (Fsp3) is 0.800. The van der Waals surface area contributed by atoms with Crippen molar-refractivity contribution in [1.82, 2.24) is 14.9 Å². The van der Waals surface area contributed by atoms with Gasteiger partial charge < -0.3 is 19.5 Å². The first-order valence-corrected chi connectivity index (χ1v) is 7.83. The van der Waals surface area contributed by atoms with Crippen molar-refractivity contribution < 1.29 is 4.74 Å². The zero-order chi connectivity index (χ0) is 14.2. The number of nitrogens with zero attached hydrogens (tertiary/aromatic N) is 3. The maximum absolute atomic E-state index is 5.41. The lowest BCUT2D eigenvalue weighted by Crippen LogP contribution is -2.40. The lowest BCUT2D eigenvalue weighted by Gasteiger charge is -2.33. The second-order valence-electron chi connectivity index (χ2n) is 5.48. The Morgan fingerprint density at radius 3 is 3.20 bits per heavy atom. The second-order valence-corrected chi connectivity index (χ2v) is 5.48. The molecule has 1 aromatic heterocycles. The largest absolute Gasteiger partial charge is 0.382 e. The number of hydrogen-bond acceptors (Lipinski definition) is 4. The Morgan fingerprint density at radius 2 is 2.40 bits per heavy atom. The molecule has 1 N–H and O–H groups in total. The van der Waals surface area contributed by atoms with E-state index in [9.17, 15) is 0 Å². The van der Waals surface area contributed by atoms with Gasteiger partial charge in [-0.2, -0.15) is 0 Å². The lowest BCUT2D eigenvalue weighted by molar-refractivity contribution is 0.141. The van der Waals surface area contributed by atoms with Gasteiger partial charge in [0.05, 0.1) is 0 Å². The molecule has 5 heteroatoms. The molecular weight excluding hydrogens is 252 g/mol. The van der Waals surface area contributed by atoms with E-state index in [1.807, 2.05) is 20.2 Å². The van der Waals surface area contributed by atoms with Crippen LogP contribution in [0.3, 0.4) is 0 Å². The van der Waals surface area contributed by atoms with Gasteiger partial charge in [0.25, 0.3) is 0 Å². The SMILES string of the molecule is CCOCCCn1ccnc1N1CCCC(CNC)C1. The van der Waals surface area contributed by atoms with Crippen molar-refractivity contribution in [2.24, 2.45) is 5.92 Å². The van der Waals surface area contributed by atoms with Crippen molar-refractivity contribution in [2.75, 3.05) is 44.8 Å². The number of aromatic nitrogens is 2. The zero-order valence-corrected chi connectivity index (χ0v) is 12.8. The Bertz CT molecular complexity index is 378. The van der Waals surface area contributed by atoms with Crippen molar-refractivity contribution in [3.8, 4) is 0 Å². The Labute approximate surface area is 122 Å². The van der Waals surface area contributed by atoms with E-state index in [1.165, 1.54) is 12.8 Å². The first-order valence-electron chi connectivity index (χ1n) is 7.83. The molecule has 1 aromatic rings. The van der Waals surface area contributed by atoms with Gasteiger partial charge in [-0.1, -0.05) is 0 Å². The summed E-state index contributed by atoms with van der Waals surface area (Å²) in [5.41, 5.74) is 0. The highest BCUT2D eigenvalue weighted by molar-refractivity contribution is 5.32. The van der Waals surface area contributed by atoms with Gasteiger partial charge in [-0.05, 0) is 45.7 Å². The summed E-state index contributed by atoms with van der Waals surface area (Å²) < 4.78 is 7.68. The molecule has 0 aliphatic carbocycles. The van der Waals surface area contributed by atoms with Crippen LogP contribution in [-0.2, 0) is 11.3 Å². The molecule has 1 saturated heterocycles. The van der Waals surface area contributed by atoms with E-state index < -0.39 is 0 Å². The Balaban J connectivity index is 1.89. The summed E-state index contributed by atoms with van der Waals surface area (Å²) in [5, 5.41) is 3.30. The third kappa shape index (κ3) is 4.21. The maximum Gasteiger partial charge on any atom is 0.205 e. The van der Waals surface area contributed by atoms with E-state index in [0.717, 1.165) is 57.7 Å². The molecule has 0 saturated carbocycles. The highest BCUT2D eigenvalue weighted by atomic mass is 16.5. The molecule has 20 heavy (non-hydrogen) atoms. The molecular formula is C15H28N4O. The van der Waals surface area contributed by atoms with Crippen molar-refractivity contribution in [2.45, 2.75) is 32.7 Å². The average molecular weight is 280 g/mol. The lowest BCUT2D eigenvalue weighted by atomic mass is 9.98. The minimum absolute atomic E-state index is 0.738. The summed E-state index contributed by atoms with van der Waals surface area (Å²) in [4.78, 5) is 7.00. The molecule has 114 valence electrons. The first kappa shape index (κ1) is 15.3. The predicted molar refractivity (Wildman–Crippen MR) is 82.2 cm³/mol. The third-order valence-corrected chi connectivity index (χ3v) is 3.88. The molecule has 0 amide bonds. The summed E-state index contributed by atoms with van der Waals surface area (Å²) in [6.45, 7) is 8.00.